The first-order valence-corrected chi connectivity index (χ1v) is 13.6. The van der Waals surface area contributed by atoms with E-state index in [0.717, 1.165) is 37.7 Å². The summed E-state index contributed by atoms with van der Waals surface area (Å²) in [5.74, 6) is 8.91. The van der Waals surface area contributed by atoms with Crippen LogP contribution in [0.4, 0.5) is 0 Å². The van der Waals surface area contributed by atoms with Gasteiger partial charge in [-0.1, -0.05) is 38.0 Å². The Labute approximate surface area is 210 Å². The van der Waals surface area contributed by atoms with Gasteiger partial charge in [0, 0.05) is 31.2 Å². The summed E-state index contributed by atoms with van der Waals surface area (Å²) < 4.78 is 11.8. The highest BCUT2D eigenvalue weighted by atomic mass is 16.6. The summed E-state index contributed by atoms with van der Waals surface area (Å²) in [7, 11) is 0. The predicted octanol–water partition coefficient (Wildman–Crippen LogP) is 6.31. The van der Waals surface area contributed by atoms with Crippen LogP contribution in [-0.2, 0) is 19.1 Å². The number of hydrogen-bond acceptors (Lipinski definition) is 4. The van der Waals surface area contributed by atoms with Crippen molar-refractivity contribution in [3.05, 3.63) is 35.9 Å². The molecule has 1 aromatic rings. The van der Waals surface area contributed by atoms with E-state index in [1.165, 1.54) is 32.6 Å². The molecule has 4 saturated carbocycles. The SMILES string of the molecule is CC(=O)O[C@H]1CC[C@H]2[C@H]3CC[C@H]4C[C@](C#Cc5ccccc5)(OC(C)=O)CC[C@]4(C)[C@@H]3CC[C@]12C. The summed E-state index contributed by atoms with van der Waals surface area (Å²) in [4.78, 5) is 23.9. The minimum Gasteiger partial charge on any atom is -0.462 e. The lowest BCUT2D eigenvalue weighted by molar-refractivity contribution is -0.175. The Morgan fingerprint density at radius 2 is 1.60 bits per heavy atom. The zero-order valence-electron chi connectivity index (χ0n) is 21.8. The maximum atomic E-state index is 12.1. The second kappa shape index (κ2) is 8.99. The fourth-order valence-corrected chi connectivity index (χ4v) is 8.79. The summed E-state index contributed by atoms with van der Waals surface area (Å²) in [5, 5.41) is 0. The van der Waals surface area contributed by atoms with Crippen molar-refractivity contribution >= 4 is 11.9 Å². The molecular weight excluding hydrogens is 436 g/mol. The van der Waals surface area contributed by atoms with Crippen LogP contribution in [0.1, 0.15) is 91.0 Å². The molecule has 35 heavy (non-hydrogen) atoms. The molecule has 0 aliphatic heterocycles. The third-order valence-corrected chi connectivity index (χ3v) is 10.5. The first-order valence-electron chi connectivity index (χ1n) is 13.6. The first-order chi connectivity index (χ1) is 16.7. The molecule has 8 atom stereocenters. The lowest BCUT2D eigenvalue weighted by Crippen LogP contribution is -2.56. The van der Waals surface area contributed by atoms with Gasteiger partial charge >= 0.3 is 11.9 Å². The lowest BCUT2D eigenvalue weighted by atomic mass is 9.44. The van der Waals surface area contributed by atoms with E-state index < -0.39 is 5.60 Å². The highest BCUT2D eigenvalue weighted by molar-refractivity contribution is 5.67. The van der Waals surface area contributed by atoms with Gasteiger partial charge in [0.2, 0.25) is 0 Å². The van der Waals surface area contributed by atoms with Crippen LogP contribution in [0.25, 0.3) is 0 Å². The van der Waals surface area contributed by atoms with Gasteiger partial charge in [-0.05, 0) is 98.5 Å². The number of esters is 2. The quantitative estimate of drug-likeness (QED) is 0.370. The second-order valence-electron chi connectivity index (χ2n) is 12.3. The van der Waals surface area contributed by atoms with Crippen molar-refractivity contribution in [3.63, 3.8) is 0 Å². The highest BCUT2D eigenvalue weighted by Gasteiger charge is 2.62. The van der Waals surface area contributed by atoms with Gasteiger partial charge in [0.25, 0.3) is 0 Å². The van der Waals surface area contributed by atoms with Crippen LogP contribution < -0.4 is 0 Å². The van der Waals surface area contributed by atoms with Crippen molar-refractivity contribution in [1.29, 1.82) is 0 Å². The van der Waals surface area contributed by atoms with Crippen LogP contribution >= 0.6 is 0 Å². The van der Waals surface area contributed by atoms with Crippen LogP contribution in [-0.4, -0.2) is 23.6 Å². The summed E-state index contributed by atoms with van der Waals surface area (Å²) in [6, 6.07) is 10.00. The summed E-state index contributed by atoms with van der Waals surface area (Å²) in [5.41, 5.74) is 0.649. The van der Waals surface area contributed by atoms with Crippen molar-refractivity contribution < 1.29 is 19.1 Å². The van der Waals surface area contributed by atoms with Crippen LogP contribution in [0.15, 0.2) is 30.3 Å². The molecule has 0 aromatic heterocycles. The molecule has 4 aliphatic rings. The molecule has 4 fully saturated rings. The summed E-state index contributed by atoms with van der Waals surface area (Å²) in [6.45, 7) is 7.96. The average Bonchev–Trinajstić information content (AvgIpc) is 3.14. The van der Waals surface area contributed by atoms with E-state index in [0.29, 0.717) is 23.7 Å². The molecule has 0 saturated heterocycles. The maximum Gasteiger partial charge on any atom is 0.304 e. The molecule has 4 aliphatic carbocycles. The highest BCUT2D eigenvalue weighted by Crippen LogP contribution is 2.67. The van der Waals surface area contributed by atoms with Crippen LogP contribution in [0.3, 0.4) is 0 Å². The van der Waals surface area contributed by atoms with Crippen LogP contribution in [0, 0.1) is 46.3 Å². The molecule has 0 N–H and O–H groups in total. The molecule has 0 heterocycles. The number of benzene rings is 1. The molecule has 4 heteroatoms. The number of carbonyl (C=O) groups excluding carboxylic acids is 2. The van der Waals surface area contributed by atoms with Gasteiger partial charge < -0.3 is 9.47 Å². The standard InChI is InChI=1S/C31H40O4/c1-21(32)34-28-13-12-26-25-11-10-24-20-31(35-22(2)33,17-14-23-8-6-5-7-9-23)19-18-29(24,3)27(25)15-16-30(26,28)4/h5-9,24-28H,10-13,15-16,18-20H2,1-4H3/t24-,25+,26-,27+,28-,29-,30-,31+/m0/s1. The van der Waals surface area contributed by atoms with Crippen molar-refractivity contribution in [2.24, 2.45) is 34.5 Å². The number of fused-ring (bicyclic) bond motifs is 5. The molecule has 188 valence electrons. The van der Waals surface area contributed by atoms with E-state index in [2.05, 4.69) is 25.7 Å². The third kappa shape index (κ3) is 4.30. The van der Waals surface area contributed by atoms with Gasteiger partial charge in [-0.3, -0.25) is 9.59 Å². The van der Waals surface area contributed by atoms with Gasteiger partial charge in [0.1, 0.15) is 6.10 Å². The van der Waals surface area contributed by atoms with Gasteiger partial charge in [-0.15, -0.1) is 0 Å². The van der Waals surface area contributed by atoms with Crippen molar-refractivity contribution in [2.45, 2.75) is 97.2 Å². The van der Waals surface area contributed by atoms with Crippen molar-refractivity contribution in [3.8, 4) is 11.8 Å². The lowest BCUT2D eigenvalue weighted by Gasteiger charge is -2.61. The average molecular weight is 477 g/mol. The largest absolute Gasteiger partial charge is 0.462 e. The molecule has 1 aromatic carbocycles. The third-order valence-electron chi connectivity index (χ3n) is 10.5. The Hall–Kier alpha value is -2.28. The van der Waals surface area contributed by atoms with Crippen LogP contribution in [0.2, 0.25) is 0 Å². The fraction of sp³-hybridized carbons (Fsp3) is 0.677. The van der Waals surface area contributed by atoms with Gasteiger partial charge in [0.15, 0.2) is 5.60 Å². The molecule has 5 rings (SSSR count). The van der Waals surface area contributed by atoms with E-state index >= 15 is 0 Å². The van der Waals surface area contributed by atoms with Crippen molar-refractivity contribution in [1.82, 2.24) is 0 Å². The number of rotatable bonds is 2. The van der Waals surface area contributed by atoms with E-state index in [1.54, 1.807) is 6.92 Å². The topological polar surface area (TPSA) is 52.6 Å². The normalized spacial score (nSPS) is 41.9. The first kappa shape index (κ1) is 24.4. The number of carbonyl (C=O) groups is 2. The zero-order chi connectivity index (χ0) is 24.8. The van der Waals surface area contributed by atoms with E-state index in [-0.39, 0.29) is 28.9 Å². The monoisotopic (exact) mass is 476 g/mol. The van der Waals surface area contributed by atoms with Crippen molar-refractivity contribution in [2.75, 3.05) is 0 Å². The van der Waals surface area contributed by atoms with Crippen LogP contribution in [0.5, 0.6) is 0 Å². The maximum absolute atomic E-state index is 12.1. The minimum absolute atomic E-state index is 0.0766. The molecular formula is C31H40O4. The predicted molar refractivity (Wildman–Crippen MR) is 135 cm³/mol. The molecule has 0 unspecified atom stereocenters. The Balaban J connectivity index is 1.38. The van der Waals surface area contributed by atoms with E-state index in [9.17, 15) is 9.59 Å². The molecule has 0 spiro atoms. The Morgan fingerprint density at radius 1 is 0.857 bits per heavy atom. The van der Waals surface area contributed by atoms with E-state index in [4.69, 9.17) is 9.47 Å². The fourth-order valence-electron chi connectivity index (χ4n) is 8.79. The summed E-state index contributed by atoms with van der Waals surface area (Å²) in [6.07, 6.45) is 9.69. The van der Waals surface area contributed by atoms with Gasteiger partial charge in [0.05, 0.1) is 0 Å². The van der Waals surface area contributed by atoms with Gasteiger partial charge in [-0.25, -0.2) is 0 Å². The molecule has 0 amide bonds. The molecule has 0 radical (unpaired) electrons. The van der Waals surface area contributed by atoms with Gasteiger partial charge in [-0.2, -0.15) is 0 Å². The number of hydrogen-bond donors (Lipinski definition) is 0. The Bertz CT molecular complexity index is 1040. The Kier molecular flexibility index (Phi) is 6.27. The van der Waals surface area contributed by atoms with E-state index in [1.807, 2.05) is 30.3 Å². The zero-order valence-corrected chi connectivity index (χ0v) is 21.8. The second-order valence-corrected chi connectivity index (χ2v) is 12.3. The molecule has 0 bridgehead atoms. The number of ether oxygens (including phenoxy) is 2. The summed E-state index contributed by atoms with van der Waals surface area (Å²) >= 11 is 0. The minimum atomic E-state index is -0.685. The smallest absolute Gasteiger partial charge is 0.304 e. The Morgan fingerprint density at radius 3 is 2.31 bits per heavy atom. The molecule has 4 nitrogen and oxygen atoms in total.